The first-order valence-electron chi connectivity index (χ1n) is 5.22. The largest absolute Gasteiger partial charge is 0.347 e. The summed E-state index contributed by atoms with van der Waals surface area (Å²) in [6.07, 6.45) is 1.01. The van der Waals surface area contributed by atoms with Crippen molar-refractivity contribution in [1.82, 2.24) is 10.2 Å². The summed E-state index contributed by atoms with van der Waals surface area (Å²) in [5.74, 6) is 0.127. The molecule has 0 saturated carbocycles. The molecular formula is C12H16N2O. The van der Waals surface area contributed by atoms with Crippen LogP contribution in [-0.2, 0) is 11.2 Å². The number of carbonyl (C=O) groups excluding carboxylic acids is 1. The molecule has 1 aliphatic rings. The lowest BCUT2D eigenvalue weighted by atomic mass is 9.94. The third-order valence-electron chi connectivity index (χ3n) is 2.80. The van der Waals surface area contributed by atoms with E-state index >= 15 is 0 Å². The number of hydrogen-bond acceptors (Lipinski definition) is 2. The number of hydrogen-bond donors (Lipinski definition) is 1. The van der Waals surface area contributed by atoms with Gasteiger partial charge in [0, 0.05) is 20.6 Å². The monoisotopic (exact) mass is 204 g/mol. The van der Waals surface area contributed by atoms with E-state index in [2.05, 4.69) is 11.4 Å². The molecule has 0 fully saturated rings. The van der Waals surface area contributed by atoms with Crippen molar-refractivity contribution in [3.63, 3.8) is 0 Å². The van der Waals surface area contributed by atoms with E-state index in [0.29, 0.717) is 0 Å². The Morgan fingerprint density at radius 3 is 2.87 bits per heavy atom. The minimum Gasteiger partial charge on any atom is -0.347 e. The van der Waals surface area contributed by atoms with E-state index in [1.165, 1.54) is 5.56 Å². The number of nitrogens with one attached hydrogen (secondary N) is 1. The number of carbonyl (C=O) groups is 1. The van der Waals surface area contributed by atoms with Gasteiger partial charge in [0.25, 0.3) is 0 Å². The fourth-order valence-electron chi connectivity index (χ4n) is 1.98. The van der Waals surface area contributed by atoms with Crippen LogP contribution in [0.2, 0.25) is 0 Å². The van der Waals surface area contributed by atoms with E-state index in [0.717, 1.165) is 18.5 Å². The number of amides is 1. The molecule has 0 spiro atoms. The Bertz CT molecular complexity index is 374. The third-order valence-corrected chi connectivity index (χ3v) is 2.80. The summed E-state index contributed by atoms with van der Waals surface area (Å²) in [4.78, 5) is 13.6. The number of nitrogens with zero attached hydrogens (tertiary/aromatic N) is 1. The van der Waals surface area contributed by atoms with Crippen LogP contribution in [0.3, 0.4) is 0 Å². The summed E-state index contributed by atoms with van der Waals surface area (Å²) in [7, 11) is 3.59. The Balaban J connectivity index is 2.34. The molecule has 0 radical (unpaired) electrons. The van der Waals surface area contributed by atoms with E-state index in [1.807, 2.05) is 18.2 Å². The minimum atomic E-state index is -0.162. The van der Waals surface area contributed by atoms with E-state index in [4.69, 9.17) is 0 Å². The van der Waals surface area contributed by atoms with Gasteiger partial charge in [-0.1, -0.05) is 24.3 Å². The quantitative estimate of drug-likeness (QED) is 0.739. The topological polar surface area (TPSA) is 32.3 Å². The number of benzene rings is 1. The molecule has 0 saturated heterocycles. The van der Waals surface area contributed by atoms with Crippen molar-refractivity contribution < 1.29 is 4.79 Å². The standard InChI is InChI=1S/C12H16N2O/c1-14(2)12(15)11-10-6-4-3-5-9(10)7-8-13-11/h3-6,11,13H,7-8H2,1-2H3/t11-/m0/s1. The van der Waals surface area contributed by atoms with E-state index in [1.54, 1.807) is 19.0 Å². The van der Waals surface area contributed by atoms with Gasteiger partial charge in [0.15, 0.2) is 0 Å². The molecular weight excluding hydrogens is 188 g/mol. The summed E-state index contributed by atoms with van der Waals surface area (Å²) in [6.45, 7) is 0.876. The molecule has 0 aliphatic carbocycles. The van der Waals surface area contributed by atoms with Crippen LogP contribution in [0.5, 0.6) is 0 Å². The second kappa shape index (κ2) is 4.03. The summed E-state index contributed by atoms with van der Waals surface area (Å²) in [5, 5.41) is 3.27. The molecule has 3 nitrogen and oxygen atoms in total. The van der Waals surface area contributed by atoms with Gasteiger partial charge in [-0.05, 0) is 17.5 Å². The lowest BCUT2D eigenvalue weighted by Crippen LogP contribution is -2.40. The SMILES string of the molecule is CN(C)C(=O)[C@H]1NCCc2ccccc21. The molecule has 1 aliphatic heterocycles. The van der Waals surface area contributed by atoms with Crippen LogP contribution in [0.15, 0.2) is 24.3 Å². The maximum atomic E-state index is 11.9. The molecule has 1 atom stereocenters. The molecule has 15 heavy (non-hydrogen) atoms. The van der Waals surface area contributed by atoms with Crippen molar-refractivity contribution in [3.8, 4) is 0 Å². The number of likely N-dealkylation sites (N-methyl/N-ethyl adjacent to an activating group) is 1. The highest BCUT2D eigenvalue weighted by atomic mass is 16.2. The van der Waals surface area contributed by atoms with Crippen molar-refractivity contribution in [2.45, 2.75) is 12.5 Å². The van der Waals surface area contributed by atoms with Crippen molar-refractivity contribution in [3.05, 3.63) is 35.4 Å². The Morgan fingerprint density at radius 2 is 2.13 bits per heavy atom. The second-order valence-corrected chi connectivity index (χ2v) is 4.07. The zero-order valence-corrected chi connectivity index (χ0v) is 9.16. The Morgan fingerprint density at radius 1 is 1.40 bits per heavy atom. The zero-order valence-electron chi connectivity index (χ0n) is 9.16. The average Bonchev–Trinajstić information content (AvgIpc) is 2.27. The highest BCUT2D eigenvalue weighted by molar-refractivity contribution is 5.83. The lowest BCUT2D eigenvalue weighted by Gasteiger charge is -2.28. The smallest absolute Gasteiger partial charge is 0.243 e. The molecule has 80 valence electrons. The first kappa shape index (κ1) is 10.2. The minimum absolute atomic E-state index is 0.127. The first-order valence-corrected chi connectivity index (χ1v) is 5.22. The van der Waals surface area contributed by atoms with Crippen LogP contribution in [0.4, 0.5) is 0 Å². The molecule has 2 rings (SSSR count). The van der Waals surface area contributed by atoms with Gasteiger partial charge in [-0.25, -0.2) is 0 Å². The molecule has 1 aromatic carbocycles. The van der Waals surface area contributed by atoms with Gasteiger partial charge in [0.2, 0.25) is 5.91 Å². The van der Waals surface area contributed by atoms with Crippen LogP contribution < -0.4 is 5.32 Å². The number of rotatable bonds is 1. The molecule has 0 bridgehead atoms. The summed E-state index contributed by atoms with van der Waals surface area (Å²) < 4.78 is 0. The highest BCUT2D eigenvalue weighted by Crippen LogP contribution is 2.23. The molecule has 3 heteroatoms. The molecule has 0 unspecified atom stereocenters. The van der Waals surface area contributed by atoms with Crippen molar-refractivity contribution in [2.75, 3.05) is 20.6 Å². The summed E-state index contributed by atoms with van der Waals surface area (Å²) in [5.41, 5.74) is 2.42. The summed E-state index contributed by atoms with van der Waals surface area (Å²) >= 11 is 0. The molecule has 1 aromatic rings. The van der Waals surface area contributed by atoms with Gasteiger partial charge < -0.3 is 10.2 Å². The highest BCUT2D eigenvalue weighted by Gasteiger charge is 2.26. The number of fused-ring (bicyclic) bond motifs is 1. The Kier molecular flexibility index (Phi) is 2.73. The van der Waals surface area contributed by atoms with E-state index < -0.39 is 0 Å². The van der Waals surface area contributed by atoms with Crippen LogP contribution in [0.25, 0.3) is 0 Å². The van der Waals surface area contributed by atoms with Gasteiger partial charge in [-0.2, -0.15) is 0 Å². The molecule has 1 heterocycles. The molecule has 1 N–H and O–H groups in total. The van der Waals surface area contributed by atoms with Gasteiger partial charge >= 0.3 is 0 Å². The van der Waals surface area contributed by atoms with Gasteiger partial charge in [0.05, 0.1) is 0 Å². The average molecular weight is 204 g/mol. The maximum absolute atomic E-state index is 11.9. The Hall–Kier alpha value is -1.35. The first-order chi connectivity index (χ1) is 7.20. The van der Waals surface area contributed by atoms with Crippen LogP contribution in [0, 0.1) is 0 Å². The van der Waals surface area contributed by atoms with E-state index in [-0.39, 0.29) is 11.9 Å². The van der Waals surface area contributed by atoms with Crippen molar-refractivity contribution in [2.24, 2.45) is 0 Å². The van der Waals surface area contributed by atoms with Gasteiger partial charge in [-0.3, -0.25) is 4.79 Å². The van der Waals surface area contributed by atoms with Crippen molar-refractivity contribution >= 4 is 5.91 Å². The predicted octanol–water partition coefficient (Wildman–Crippen LogP) is 0.962. The maximum Gasteiger partial charge on any atom is 0.243 e. The van der Waals surface area contributed by atoms with Gasteiger partial charge in [0.1, 0.15) is 6.04 Å². The summed E-state index contributed by atoms with van der Waals surface area (Å²) in [6, 6.07) is 7.99. The third kappa shape index (κ3) is 1.88. The fourth-order valence-corrected chi connectivity index (χ4v) is 1.98. The van der Waals surface area contributed by atoms with Gasteiger partial charge in [-0.15, -0.1) is 0 Å². The normalized spacial score (nSPS) is 19.5. The van der Waals surface area contributed by atoms with Crippen molar-refractivity contribution in [1.29, 1.82) is 0 Å². The predicted molar refractivity (Wildman–Crippen MR) is 59.6 cm³/mol. The van der Waals surface area contributed by atoms with E-state index in [9.17, 15) is 4.79 Å². The molecule has 1 amide bonds. The van der Waals surface area contributed by atoms with Crippen LogP contribution >= 0.6 is 0 Å². The zero-order chi connectivity index (χ0) is 10.8. The Labute approximate surface area is 90.1 Å². The lowest BCUT2D eigenvalue weighted by molar-refractivity contribution is -0.131. The fraction of sp³-hybridized carbons (Fsp3) is 0.417. The second-order valence-electron chi connectivity index (χ2n) is 4.07. The molecule has 0 aromatic heterocycles. The van der Waals surface area contributed by atoms with Crippen LogP contribution in [0.1, 0.15) is 17.2 Å². The van der Waals surface area contributed by atoms with Crippen LogP contribution in [-0.4, -0.2) is 31.4 Å².